The lowest BCUT2D eigenvalue weighted by molar-refractivity contribution is 0.268. The summed E-state index contributed by atoms with van der Waals surface area (Å²) in [6.45, 7) is 4.24. The van der Waals surface area contributed by atoms with E-state index in [0.717, 1.165) is 37.5 Å². The lowest BCUT2D eigenvalue weighted by Gasteiger charge is -2.22. The Balaban J connectivity index is 2.07. The number of aromatic hydroxyl groups is 1. The van der Waals surface area contributed by atoms with Crippen LogP contribution in [0.15, 0.2) is 18.2 Å². The largest absolute Gasteiger partial charge is 0.508 e. The van der Waals surface area contributed by atoms with E-state index in [1.54, 1.807) is 19.2 Å². The maximum atomic E-state index is 9.87. The highest BCUT2D eigenvalue weighted by molar-refractivity contribution is 5.39. The van der Waals surface area contributed by atoms with Crippen LogP contribution >= 0.6 is 0 Å². The van der Waals surface area contributed by atoms with Gasteiger partial charge in [-0.3, -0.25) is 4.90 Å². The van der Waals surface area contributed by atoms with E-state index in [0.29, 0.717) is 12.3 Å². The fourth-order valence-electron chi connectivity index (χ4n) is 2.21. The number of methoxy groups -OCH3 is 1. The quantitative estimate of drug-likeness (QED) is 0.712. The monoisotopic (exact) mass is 251 g/mol. The predicted octanol–water partition coefficient (Wildman–Crippen LogP) is 0.133. The molecule has 1 saturated heterocycles. The molecule has 0 saturated carbocycles. The Bertz CT molecular complexity index is 398. The fourth-order valence-corrected chi connectivity index (χ4v) is 2.21. The normalized spacial score (nSPS) is 21.6. The maximum absolute atomic E-state index is 9.87. The zero-order valence-electron chi connectivity index (χ0n) is 10.7. The minimum atomic E-state index is 0.139. The molecule has 18 heavy (non-hydrogen) atoms. The number of nitrogens with zero attached hydrogens (tertiary/aromatic N) is 1. The van der Waals surface area contributed by atoms with Crippen LogP contribution in [0.25, 0.3) is 0 Å². The number of nitrogens with two attached hydrogens (primary N) is 1. The number of hydrogen-bond donors (Lipinski definition) is 3. The Morgan fingerprint density at radius 1 is 1.56 bits per heavy atom. The molecule has 2 rings (SSSR count). The molecule has 0 aromatic heterocycles. The van der Waals surface area contributed by atoms with Crippen LogP contribution in [0, 0.1) is 0 Å². The SMILES string of the molecule is COc1ccc(O)c(CN2CCNCC(N)C2)c1. The second kappa shape index (κ2) is 6.04. The van der Waals surface area contributed by atoms with Crippen molar-refractivity contribution in [3.63, 3.8) is 0 Å². The van der Waals surface area contributed by atoms with Crippen molar-refractivity contribution in [2.24, 2.45) is 5.73 Å². The number of ether oxygens (including phenoxy) is 1. The van der Waals surface area contributed by atoms with Crippen LogP contribution in [0.5, 0.6) is 11.5 Å². The number of phenolic OH excluding ortho intramolecular Hbond substituents is 1. The molecule has 1 heterocycles. The minimum absolute atomic E-state index is 0.139. The van der Waals surface area contributed by atoms with E-state index in [1.807, 2.05) is 6.07 Å². The topological polar surface area (TPSA) is 70.8 Å². The van der Waals surface area contributed by atoms with Crippen LogP contribution < -0.4 is 15.8 Å². The van der Waals surface area contributed by atoms with Gasteiger partial charge in [-0.15, -0.1) is 0 Å². The highest BCUT2D eigenvalue weighted by Crippen LogP contribution is 2.24. The number of phenols is 1. The number of hydrogen-bond acceptors (Lipinski definition) is 5. The van der Waals surface area contributed by atoms with Crippen LogP contribution in [0.4, 0.5) is 0 Å². The Hall–Kier alpha value is -1.30. The molecule has 1 fully saturated rings. The molecule has 0 radical (unpaired) electrons. The third-order valence-electron chi connectivity index (χ3n) is 3.18. The fraction of sp³-hybridized carbons (Fsp3) is 0.538. The molecule has 4 N–H and O–H groups in total. The summed E-state index contributed by atoms with van der Waals surface area (Å²) in [5.74, 6) is 1.07. The molecule has 100 valence electrons. The molecule has 0 amide bonds. The van der Waals surface area contributed by atoms with Gasteiger partial charge < -0.3 is 20.9 Å². The number of benzene rings is 1. The Morgan fingerprint density at radius 2 is 2.39 bits per heavy atom. The molecule has 1 aromatic carbocycles. The Morgan fingerprint density at radius 3 is 3.17 bits per heavy atom. The first-order valence-corrected chi connectivity index (χ1v) is 6.23. The van der Waals surface area contributed by atoms with Gasteiger partial charge in [-0.2, -0.15) is 0 Å². The summed E-state index contributed by atoms with van der Waals surface area (Å²) in [5.41, 5.74) is 6.86. The van der Waals surface area contributed by atoms with Crippen molar-refractivity contribution < 1.29 is 9.84 Å². The van der Waals surface area contributed by atoms with Gasteiger partial charge in [0.05, 0.1) is 7.11 Å². The molecule has 5 heteroatoms. The highest BCUT2D eigenvalue weighted by Gasteiger charge is 2.16. The smallest absolute Gasteiger partial charge is 0.120 e. The highest BCUT2D eigenvalue weighted by atomic mass is 16.5. The second-order valence-corrected chi connectivity index (χ2v) is 4.69. The van der Waals surface area contributed by atoms with Gasteiger partial charge in [0.1, 0.15) is 11.5 Å². The van der Waals surface area contributed by atoms with Gasteiger partial charge in [-0.05, 0) is 18.2 Å². The Labute approximate surface area is 108 Å². The van der Waals surface area contributed by atoms with E-state index in [2.05, 4.69) is 10.2 Å². The van der Waals surface area contributed by atoms with Gasteiger partial charge >= 0.3 is 0 Å². The summed E-state index contributed by atoms with van der Waals surface area (Å²) >= 11 is 0. The molecule has 1 aliphatic heterocycles. The van der Waals surface area contributed by atoms with Crippen LogP contribution in [-0.2, 0) is 6.54 Å². The first-order chi connectivity index (χ1) is 8.69. The zero-order valence-corrected chi connectivity index (χ0v) is 10.7. The third-order valence-corrected chi connectivity index (χ3v) is 3.18. The molecule has 0 bridgehead atoms. The zero-order chi connectivity index (χ0) is 13.0. The van der Waals surface area contributed by atoms with Crippen LogP contribution in [0.1, 0.15) is 5.56 Å². The van der Waals surface area contributed by atoms with Gasteiger partial charge in [-0.25, -0.2) is 0 Å². The van der Waals surface area contributed by atoms with Gasteiger partial charge in [0.2, 0.25) is 0 Å². The molecule has 1 atom stereocenters. The molecule has 1 unspecified atom stereocenters. The maximum Gasteiger partial charge on any atom is 0.120 e. The van der Waals surface area contributed by atoms with Crippen LogP contribution in [-0.4, -0.2) is 49.3 Å². The summed E-state index contributed by atoms with van der Waals surface area (Å²) in [7, 11) is 1.63. The summed E-state index contributed by atoms with van der Waals surface area (Å²) in [6.07, 6.45) is 0. The summed E-state index contributed by atoms with van der Waals surface area (Å²) in [6, 6.07) is 5.44. The number of rotatable bonds is 3. The van der Waals surface area contributed by atoms with Crippen molar-refractivity contribution in [1.29, 1.82) is 0 Å². The molecule has 5 nitrogen and oxygen atoms in total. The minimum Gasteiger partial charge on any atom is -0.508 e. The van der Waals surface area contributed by atoms with E-state index < -0.39 is 0 Å². The first-order valence-electron chi connectivity index (χ1n) is 6.23. The van der Waals surface area contributed by atoms with Gasteiger partial charge in [0, 0.05) is 44.3 Å². The van der Waals surface area contributed by atoms with E-state index in [4.69, 9.17) is 10.5 Å². The van der Waals surface area contributed by atoms with E-state index in [-0.39, 0.29) is 6.04 Å². The molecule has 0 spiro atoms. The predicted molar refractivity (Wildman–Crippen MR) is 70.8 cm³/mol. The van der Waals surface area contributed by atoms with Crippen molar-refractivity contribution in [2.45, 2.75) is 12.6 Å². The van der Waals surface area contributed by atoms with Crippen molar-refractivity contribution in [2.75, 3.05) is 33.3 Å². The van der Waals surface area contributed by atoms with Crippen molar-refractivity contribution in [3.8, 4) is 11.5 Å². The third kappa shape index (κ3) is 3.35. The lowest BCUT2D eigenvalue weighted by Crippen LogP contribution is -2.38. The summed E-state index contributed by atoms with van der Waals surface area (Å²) < 4.78 is 5.18. The average molecular weight is 251 g/mol. The molecule has 0 aliphatic carbocycles. The van der Waals surface area contributed by atoms with E-state index >= 15 is 0 Å². The standard InChI is InChI=1S/C13H21N3O2/c1-18-12-2-3-13(17)10(6-12)8-16-5-4-15-7-11(14)9-16/h2-3,6,11,15,17H,4-5,7-9,14H2,1H3. The number of nitrogens with one attached hydrogen (secondary N) is 1. The van der Waals surface area contributed by atoms with E-state index in [9.17, 15) is 5.11 Å². The Kier molecular flexibility index (Phi) is 4.41. The molecule has 1 aliphatic rings. The van der Waals surface area contributed by atoms with E-state index in [1.165, 1.54) is 0 Å². The van der Waals surface area contributed by atoms with Crippen LogP contribution in [0.3, 0.4) is 0 Å². The second-order valence-electron chi connectivity index (χ2n) is 4.69. The van der Waals surface area contributed by atoms with Crippen molar-refractivity contribution >= 4 is 0 Å². The lowest BCUT2D eigenvalue weighted by atomic mass is 10.1. The van der Waals surface area contributed by atoms with Crippen LogP contribution in [0.2, 0.25) is 0 Å². The molecular formula is C13H21N3O2. The van der Waals surface area contributed by atoms with Crippen molar-refractivity contribution in [1.82, 2.24) is 10.2 Å². The first kappa shape index (κ1) is 13.1. The van der Waals surface area contributed by atoms with Gasteiger partial charge in [0.15, 0.2) is 0 Å². The van der Waals surface area contributed by atoms with Crippen molar-refractivity contribution in [3.05, 3.63) is 23.8 Å². The van der Waals surface area contributed by atoms with Gasteiger partial charge in [-0.1, -0.05) is 0 Å². The summed E-state index contributed by atoms with van der Waals surface area (Å²) in [5, 5.41) is 13.2. The summed E-state index contributed by atoms with van der Waals surface area (Å²) in [4.78, 5) is 2.25. The molecular weight excluding hydrogens is 230 g/mol. The molecule has 1 aromatic rings. The van der Waals surface area contributed by atoms with Gasteiger partial charge in [0.25, 0.3) is 0 Å². The average Bonchev–Trinajstić information content (AvgIpc) is 2.56.